The lowest BCUT2D eigenvalue weighted by molar-refractivity contribution is 0.249. The largest absolute Gasteiger partial charge is 0.493 e. The predicted octanol–water partition coefficient (Wildman–Crippen LogP) is 2.41. The molecular formula is C18H20N4O2S. The Labute approximate surface area is 149 Å². The number of fused-ring (bicyclic) bond motifs is 4. The number of hydrogen-bond acceptors (Lipinski definition) is 5. The zero-order valence-corrected chi connectivity index (χ0v) is 14.6. The molecule has 0 bridgehead atoms. The van der Waals surface area contributed by atoms with Gasteiger partial charge >= 0.3 is 6.03 Å². The first-order valence-corrected chi connectivity index (χ1v) is 10.0. The van der Waals surface area contributed by atoms with Crippen LogP contribution >= 0.6 is 11.3 Å². The second-order valence-corrected chi connectivity index (χ2v) is 8.53. The smallest absolute Gasteiger partial charge is 0.324 e. The van der Waals surface area contributed by atoms with E-state index in [1.165, 1.54) is 18.4 Å². The van der Waals surface area contributed by atoms with E-state index in [1.807, 2.05) is 11.0 Å². The van der Waals surface area contributed by atoms with Gasteiger partial charge in [0, 0.05) is 24.1 Å². The van der Waals surface area contributed by atoms with Crippen molar-refractivity contribution >= 4 is 32.7 Å². The van der Waals surface area contributed by atoms with Crippen LogP contribution in [0, 0.1) is 0 Å². The molecule has 4 aliphatic rings. The fourth-order valence-corrected chi connectivity index (χ4v) is 5.61. The van der Waals surface area contributed by atoms with Gasteiger partial charge in [-0.25, -0.2) is 9.78 Å². The quantitative estimate of drug-likeness (QED) is 0.886. The lowest BCUT2D eigenvalue weighted by Crippen LogP contribution is -2.48. The SMILES string of the molecule is O=C1N[C@@H]2CC[C@@H](NC3CC3)[C@@H]2N1c1nc2c3c(ccc2s1)OCC3. The lowest BCUT2D eigenvalue weighted by Gasteiger charge is -2.26. The molecule has 6 nitrogen and oxygen atoms in total. The van der Waals surface area contributed by atoms with Gasteiger partial charge < -0.3 is 15.4 Å². The molecule has 3 heterocycles. The number of aromatic nitrogens is 1. The van der Waals surface area contributed by atoms with Crippen LogP contribution in [0.4, 0.5) is 9.93 Å². The number of hydrogen-bond donors (Lipinski definition) is 2. The summed E-state index contributed by atoms with van der Waals surface area (Å²) in [5.74, 6) is 0.947. The second kappa shape index (κ2) is 5.08. The summed E-state index contributed by atoms with van der Waals surface area (Å²) in [6.45, 7) is 0.726. The summed E-state index contributed by atoms with van der Waals surface area (Å²) in [5, 5.41) is 7.74. The van der Waals surface area contributed by atoms with Gasteiger partial charge in [-0.2, -0.15) is 0 Å². The van der Waals surface area contributed by atoms with Gasteiger partial charge in [0.2, 0.25) is 0 Å². The first kappa shape index (κ1) is 14.3. The van der Waals surface area contributed by atoms with Gasteiger partial charge in [-0.1, -0.05) is 11.3 Å². The summed E-state index contributed by atoms with van der Waals surface area (Å²) < 4.78 is 6.80. The van der Waals surface area contributed by atoms with E-state index >= 15 is 0 Å². The van der Waals surface area contributed by atoms with Crippen LogP contribution < -0.4 is 20.3 Å². The van der Waals surface area contributed by atoms with Crippen LogP contribution in [0.2, 0.25) is 0 Å². The first-order chi connectivity index (χ1) is 12.3. The van der Waals surface area contributed by atoms with E-state index in [0.29, 0.717) is 12.1 Å². The van der Waals surface area contributed by atoms with Gasteiger partial charge in [0.1, 0.15) is 5.75 Å². The second-order valence-electron chi connectivity index (χ2n) is 7.53. The number of benzene rings is 1. The molecule has 2 aromatic rings. The van der Waals surface area contributed by atoms with Gasteiger partial charge in [-0.3, -0.25) is 4.90 Å². The molecule has 25 heavy (non-hydrogen) atoms. The van der Waals surface area contributed by atoms with Gasteiger partial charge in [-0.05, 0) is 37.8 Å². The van der Waals surface area contributed by atoms with Gasteiger partial charge in [0.05, 0.1) is 28.9 Å². The van der Waals surface area contributed by atoms with Crippen molar-refractivity contribution in [2.24, 2.45) is 0 Å². The Morgan fingerprint density at radius 1 is 1.28 bits per heavy atom. The summed E-state index contributed by atoms with van der Waals surface area (Å²) in [6.07, 6.45) is 5.60. The van der Waals surface area contributed by atoms with E-state index in [9.17, 15) is 4.79 Å². The van der Waals surface area contributed by atoms with E-state index in [2.05, 4.69) is 16.7 Å². The molecule has 130 valence electrons. The summed E-state index contributed by atoms with van der Waals surface area (Å²) >= 11 is 1.62. The Balaban J connectivity index is 1.40. The molecule has 7 heteroatoms. The van der Waals surface area contributed by atoms with Crippen molar-refractivity contribution in [3.63, 3.8) is 0 Å². The molecule has 3 atom stereocenters. The number of thiazole rings is 1. The predicted molar refractivity (Wildman–Crippen MR) is 96.6 cm³/mol. The number of anilines is 1. The highest BCUT2D eigenvalue weighted by Gasteiger charge is 2.50. The van der Waals surface area contributed by atoms with Gasteiger partial charge in [0.25, 0.3) is 0 Å². The number of amides is 2. The molecule has 3 fully saturated rings. The molecule has 2 saturated carbocycles. The average molecular weight is 356 g/mol. The molecule has 2 N–H and O–H groups in total. The van der Waals surface area contributed by atoms with Crippen molar-refractivity contribution in [2.75, 3.05) is 11.5 Å². The van der Waals surface area contributed by atoms with E-state index in [1.54, 1.807) is 11.3 Å². The van der Waals surface area contributed by atoms with Crippen LogP contribution in [-0.4, -0.2) is 41.8 Å². The third-order valence-corrected chi connectivity index (χ3v) is 6.91. The van der Waals surface area contributed by atoms with Crippen LogP contribution in [0.1, 0.15) is 31.2 Å². The van der Waals surface area contributed by atoms with Crippen LogP contribution in [0.15, 0.2) is 12.1 Å². The van der Waals surface area contributed by atoms with Gasteiger partial charge in [0.15, 0.2) is 5.13 Å². The Bertz CT molecular complexity index is 877. The van der Waals surface area contributed by atoms with Crippen molar-refractivity contribution in [3.05, 3.63) is 17.7 Å². The summed E-state index contributed by atoms with van der Waals surface area (Å²) in [7, 11) is 0. The standard InChI is InChI=1S/C18H20N4O2S/c23-17-20-12-4-3-11(19-9-1-2-9)16(12)22(17)18-21-15-10-7-8-24-13(10)5-6-14(15)25-18/h5-6,9,11-12,16,19H,1-4,7-8H2,(H,20,23)/t11-,12-,16+/m1/s1. The zero-order chi connectivity index (χ0) is 16.5. The van der Waals surface area contributed by atoms with Crippen LogP contribution in [0.5, 0.6) is 5.75 Å². The molecule has 0 unspecified atom stereocenters. The third kappa shape index (κ3) is 2.12. The Hall–Kier alpha value is -1.86. The molecule has 0 radical (unpaired) electrons. The maximum absolute atomic E-state index is 12.7. The molecule has 1 aromatic heterocycles. The van der Waals surface area contributed by atoms with E-state index in [4.69, 9.17) is 9.72 Å². The first-order valence-electron chi connectivity index (χ1n) is 9.19. The van der Waals surface area contributed by atoms with Gasteiger partial charge in [-0.15, -0.1) is 0 Å². The summed E-state index contributed by atoms with van der Waals surface area (Å²) in [6, 6.07) is 5.55. The molecule has 1 aromatic carbocycles. The topological polar surface area (TPSA) is 66.5 Å². The number of carbonyl (C=O) groups excluding carboxylic acids is 1. The van der Waals surface area contributed by atoms with Crippen molar-refractivity contribution < 1.29 is 9.53 Å². The Morgan fingerprint density at radius 3 is 3.08 bits per heavy atom. The van der Waals surface area contributed by atoms with Crippen molar-refractivity contribution in [2.45, 2.75) is 56.3 Å². The Kier molecular flexibility index (Phi) is 2.91. The Morgan fingerprint density at radius 2 is 2.20 bits per heavy atom. The molecule has 1 saturated heterocycles. The maximum atomic E-state index is 12.7. The van der Waals surface area contributed by atoms with Crippen molar-refractivity contribution in [1.82, 2.24) is 15.6 Å². The highest BCUT2D eigenvalue weighted by Crippen LogP contribution is 2.41. The normalized spacial score (nSPS) is 30.5. The minimum absolute atomic E-state index is 0.00393. The highest BCUT2D eigenvalue weighted by atomic mass is 32.1. The molecular weight excluding hydrogens is 336 g/mol. The minimum Gasteiger partial charge on any atom is -0.493 e. The third-order valence-electron chi connectivity index (χ3n) is 5.89. The number of carbonyl (C=O) groups is 1. The molecule has 2 aliphatic carbocycles. The van der Waals surface area contributed by atoms with Crippen molar-refractivity contribution in [3.8, 4) is 5.75 Å². The van der Waals surface area contributed by atoms with E-state index < -0.39 is 0 Å². The highest BCUT2D eigenvalue weighted by molar-refractivity contribution is 7.22. The van der Waals surface area contributed by atoms with Crippen LogP contribution in [-0.2, 0) is 6.42 Å². The molecule has 2 amide bonds. The summed E-state index contributed by atoms with van der Waals surface area (Å²) in [4.78, 5) is 19.5. The number of nitrogens with zero attached hydrogens (tertiary/aromatic N) is 2. The lowest BCUT2D eigenvalue weighted by atomic mass is 10.1. The molecule has 2 aliphatic heterocycles. The van der Waals surface area contributed by atoms with E-state index in [-0.39, 0.29) is 18.1 Å². The number of urea groups is 1. The minimum atomic E-state index is 0.00393. The zero-order valence-electron chi connectivity index (χ0n) is 13.8. The fraction of sp³-hybridized carbons (Fsp3) is 0.556. The average Bonchev–Trinajstić information content (AvgIpc) is 2.96. The number of ether oxygens (including phenoxy) is 1. The van der Waals surface area contributed by atoms with E-state index in [0.717, 1.165) is 47.0 Å². The number of rotatable bonds is 3. The number of nitrogens with one attached hydrogen (secondary N) is 2. The van der Waals surface area contributed by atoms with Crippen molar-refractivity contribution in [1.29, 1.82) is 0 Å². The molecule has 6 rings (SSSR count). The van der Waals surface area contributed by atoms with Crippen LogP contribution in [0.25, 0.3) is 10.2 Å². The monoisotopic (exact) mass is 356 g/mol. The van der Waals surface area contributed by atoms with Crippen LogP contribution in [0.3, 0.4) is 0 Å². The fourth-order valence-electron chi connectivity index (χ4n) is 4.57. The summed E-state index contributed by atoms with van der Waals surface area (Å²) in [5.41, 5.74) is 2.20. The maximum Gasteiger partial charge on any atom is 0.324 e. The molecule has 0 spiro atoms.